The minimum absolute atomic E-state index is 0.0246. The van der Waals surface area contributed by atoms with E-state index in [1.54, 1.807) is 12.1 Å². The Morgan fingerprint density at radius 1 is 0.969 bits per heavy atom. The second kappa shape index (κ2) is 9.18. The van der Waals surface area contributed by atoms with E-state index >= 15 is 0 Å². The summed E-state index contributed by atoms with van der Waals surface area (Å²) >= 11 is 0. The number of nitrogens with zero attached hydrogens (tertiary/aromatic N) is 1. The fourth-order valence-corrected chi connectivity index (χ4v) is 5.57. The maximum absolute atomic E-state index is 13.4. The van der Waals surface area contributed by atoms with Crippen LogP contribution in [0.1, 0.15) is 29.2 Å². The van der Waals surface area contributed by atoms with E-state index in [1.807, 2.05) is 24.3 Å². The van der Waals surface area contributed by atoms with Crippen LogP contribution in [0.5, 0.6) is 0 Å². The molecule has 4 rings (SSSR count). The molecule has 1 aliphatic rings. The summed E-state index contributed by atoms with van der Waals surface area (Å²) in [6.07, 6.45) is 0.421. The maximum Gasteiger partial charge on any atom is 0.243 e. The number of amides is 1. The van der Waals surface area contributed by atoms with E-state index in [9.17, 15) is 22.0 Å². The van der Waals surface area contributed by atoms with Gasteiger partial charge >= 0.3 is 0 Å². The quantitative estimate of drug-likeness (QED) is 0.611. The Balaban J connectivity index is 1.59. The second-order valence-corrected chi connectivity index (χ2v) is 9.54. The molecule has 0 saturated heterocycles. The summed E-state index contributed by atoms with van der Waals surface area (Å²) in [5.41, 5.74) is 2.37. The number of nitrogens with one attached hydrogen (secondary N) is 1. The van der Waals surface area contributed by atoms with Crippen LogP contribution < -0.4 is 5.32 Å². The van der Waals surface area contributed by atoms with Crippen molar-refractivity contribution in [2.24, 2.45) is 0 Å². The van der Waals surface area contributed by atoms with Crippen molar-refractivity contribution in [2.75, 3.05) is 6.54 Å². The second-order valence-electron chi connectivity index (χ2n) is 7.65. The molecule has 0 aliphatic carbocycles. The number of hydrogen-bond donors (Lipinski definition) is 1. The Bertz CT molecular complexity index is 1230. The van der Waals surface area contributed by atoms with Gasteiger partial charge in [-0.2, -0.15) is 4.31 Å². The summed E-state index contributed by atoms with van der Waals surface area (Å²) in [6, 6.07) is 17.3. The minimum atomic E-state index is -3.95. The standard InChI is InChI=1S/C24H22F2N2O3S/c25-19-8-10-21(11-9-19)32(30,31)28-13-12-18-5-1-2-7-22(18)23(28)15-24(29)27-16-17-4-3-6-20(26)14-17/h1-11,14,23H,12-13,15-16H2,(H,27,29)/t23-/m0/s1. The largest absolute Gasteiger partial charge is 0.352 e. The molecule has 5 nitrogen and oxygen atoms in total. The Kier molecular flexibility index (Phi) is 6.34. The third kappa shape index (κ3) is 4.71. The lowest BCUT2D eigenvalue weighted by Gasteiger charge is -2.36. The first-order valence-corrected chi connectivity index (χ1v) is 11.6. The zero-order chi connectivity index (χ0) is 22.7. The molecule has 0 radical (unpaired) electrons. The summed E-state index contributed by atoms with van der Waals surface area (Å²) < 4.78 is 54.7. The Hall–Kier alpha value is -3.10. The molecule has 8 heteroatoms. The van der Waals surface area contributed by atoms with Crippen LogP contribution in [-0.4, -0.2) is 25.2 Å². The van der Waals surface area contributed by atoms with Crippen LogP contribution in [0.4, 0.5) is 8.78 Å². The topological polar surface area (TPSA) is 66.5 Å². The molecular formula is C24H22F2N2O3S. The van der Waals surface area contributed by atoms with E-state index in [-0.39, 0.29) is 30.3 Å². The van der Waals surface area contributed by atoms with Crippen molar-refractivity contribution in [3.8, 4) is 0 Å². The summed E-state index contributed by atoms with van der Waals surface area (Å²) in [4.78, 5) is 12.7. The van der Waals surface area contributed by atoms with Crippen LogP contribution in [0, 0.1) is 11.6 Å². The molecule has 0 spiro atoms. The van der Waals surface area contributed by atoms with Crippen molar-refractivity contribution in [1.82, 2.24) is 9.62 Å². The molecule has 1 heterocycles. The van der Waals surface area contributed by atoms with Gasteiger partial charge in [0, 0.05) is 19.5 Å². The third-order valence-electron chi connectivity index (χ3n) is 5.54. The molecule has 32 heavy (non-hydrogen) atoms. The number of sulfonamides is 1. The average Bonchev–Trinajstić information content (AvgIpc) is 2.78. The summed E-state index contributed by atoms with van der Waals surface area (Å²) in [7, 11) is -3.95. The van der Waals surface area contributed by atoms with Crippen LogP contribution in [0.3, 0.4) is 0 Å². The van der Waals surface area contributed by atoms with E-state index in [0.29, 0.717) is 12.0 Å². The predicted octanol–water partition coefficient (Wildman–Crippen LogP) is 3.96. The summed E-state index contributed by atoms with van der Waals surface area (Å²) in [6.45, 7) is 0.342. The van der Waals surface area contributed by atoms with Gasteiger partial charge in [0.15, 0.2) is 0 Å². The first kappa shape index (κ1) is 22.1. The third-order valence-corrected chi connectivity index (χ3v) is 7.46. The van der Waals surface area contributed by atoms with Gasteiger partial charge in [0.05, 0.1) is 10.9 Å². The molecule has 0 bridgehead atoms. The van der Waals surface area contributed by atoms with Crippen molar-refractivity contribution < 1.29 is 22.0 Å². The molecule has 0 aromatic heterocycles. The van der Waals surface area contributed by atoms with E-state index in [0.717, 1.165) is 23.3 Å². The highest BCUT2D eigenvalue weighted by atomic mass is 32.2. The smallest absolute Gasteiger partial charge is 0.243 e. The van der Waals surface area contributed by atoms with Gasteiger partial charge in [-0.1, -0.05) is 36.4 Å². The van der Waals surface area contributed by atoms with E-state index in [2.05, 4.69) is 5.32 Å². The molecule has 3 aromatic rings. The fraction of sp³-hybridized carbons (Fsp3) is 0.208. The van der Waals surface area contributed by atoms with Gasteiger partial charge in [0.25, 0.3) is 0 Å². The van der Waals surface area contributed by atoms with Crippen molar-refractivity contribution in [3.63, 3.8) is 0 Å². The van der Waals surface area contributed by atoms with Crippen molar-refractivity contribution >= 4 is 15.9 Å². The lowest BCUT2D eigenvalue weighted by molar-refractivity contribution is -0.122. The lowest BCUT2D eigenvalue weighted by atomic mass is 9.92. The summed E-state index contributed by atoms with van der Waals surface area (Å²) in [5.74, 6) is -1.27. The Morgan fingerprint density at radius 2 is 1.72 bits per heavy atom. The molecular weight excluding hydrogens is 434 g/mol. The van der Waals surface area contributed by atoms with E-state index in [1.165, 1.54) is 28.6 Å². The molecule has 0 unspecified atom stereocenters. The van der Waals surface area contributed by atoms with Crippen LogP contribution in [0.25, 0.3) is 0 Å². The van der Waals surface area contributed by atoms with Crippen molar-refractivity contribution in [3.05, 3.63) is 101 Å². The zero-order valence-corrected chi connectivity index (χ0v) is 18.0. The molecule has 1 amide bonds. The van der Waals surface area contributed by atoms with Crippen LogP contribution >= 0.6 is 0 Å². The van der Waals surface area contributed by atoms with Gasteiger partial charge in [0.2, 0.25) is 15.9 Å². The lowest BCUT2D eigenvalue weighted by Crippen LogP contribution is -2.42. The number of rotatable bonds is 6. The van der Waals surface area contributed by atoms with Crippen molar-refractivity contribution in [2.45, 2.75) is 30.3 Å². The molecule has 1 aliphatic heterocycles. The molecule has 166 valence electrons. The minimum Gasteiger partial charge on any atom is -0.352 e. The first-order valence-electron chi connectivity index (χ1n) is 10.2. The van der Waals surface area contributed by atoms with Gasteiger partial charge < -0.3 is 5.32 Å². The number of benzene rings is 3. The molecule has 0 saturated carbocycles. The van der Waals surface area contributed by atoms with E-state index in [4.69, 9.17) is 0 Å². The van der Waals surface area contributed by atoms with Gasteiger partial charge in [-0.3, -0.25) is 4.79 Å². The van der Waals surface area contributed by atoms with Gasteiger partial charge in [-0.25, -0.2) is 17.2 Å². The van der Waals surface area contributed by atoms with E-state index < -0.39 is 27.7 Å². The normalized spacial score (nSPS) is 16.4. The maximum atomic E-state index is 13.4. The first-order chi connectivity index (χ1) is 15.3. The fourth-order valence-electron chi connectivity index (χ4n) is 3.97. The number of halogens is 2. The number of fused-ring (bicyclic) bond motifs is 1. The van der Waals surface area contributed by atoms with Crippen LogP contribution in [0.15, 0.2) is 77.7 Å². The number of hydrogen-bond acceptors (Lipinski definition) is 3. The molecule has 0 fully saturated rings. The average molecular weight is 457 g/mol. The van der Waals surface area contributed by atoms with Crippen molar-refractivity contribution in [1.29, 1.82) is 0 Å². The highest BCUT2D eigenvalue weighted by molar-refractivity contribution is 7.89. The van der Waals surface area contributed by atoms with Crippen LogP contribution in [0.2, 0.25) is 0 Å². The molecule has 1 atom stereocenters. The number of carbonyl (C=O) groups excluding carboxylic acids is 1. The summed E-state index contributed by atoms with van der Waals surface area (Å²) in [5, 5.41) is 2.75. The number of carbonyl (C=O) groups is 1. The molecule has 3 aromatic carbocycles. The van der Waals surface area contributed by atoms with Gasteiger partial charge in [-0.05, 0) is 59.5 Å². The highest BCUT2D eigenvalue weighted by Gasteiger charge is 2.37. The van der Waals surface area contributed by atoms with Crippen LogP contribution in [-0.2, 0) is 27.8 Å². The zero-order valence-electron chi connectivity index (χ0n) is 17.2. The Labute approximate surface area is 185 Å². The highest BCUT2D eigenvalue weighted by Crippen LogP contribution is 2.36. The molecule has 1 N–H and O–H groups in total. The van der Waals surface area contributed by atoms with Gasteiger partial charge in [0.1, 0.15) is 11.6 Å². The SMILES string of the molecule is O=C(C[C@H]1c2ccccc2CCN1S(=O)(=O)c1ccc(F)cc1)NCc1cccc(F)c1. The monoisotopic (exact) mass is 456 g/mol. The predicted molar refractivity (Wildman–Crippen MR) is 116 cm³/mol. The Morgan fingerprint density at radius 3 is 2.47 bits per heavy atom. The van der Waals surface area contributed by atoms with Gasteiger partial charge in [-0.15, -0.1) is 0 Å².